The van der Waals surface area contributed by atoms with Crippen molar-refractivity contribution < 1.29 is 0 Å². The zero-order chi connectivity index (χ0) is 17.7. The van der Waals surface area contributed by atoms with Gasteiger partial charge in [-0.15, -0.1) is 0 Å². The summed E-state index contributed by atoms with van der Waals surface area (Å²) in [7, 11) is 0. The van der Waals surface area contributed by atoms with E-state index in [1.807, 2.05) is 6.07 Å². The van der Waals surface area contributed by atoms with E-state index in [1.54, 1.807) is 0 Å². The Hall–Kier alpha value is -2.97. The highest BCUT2D eigenvalue weighted by Gasteiger charge is 2.17. The summed E-state index contributed by atoms with van der Waals surface area (Å²) >= 11 is 6.73. The summed E-state index contributed by atoms with van der Waals surface area (Å²) in [6.45, 7) is 2.13. The molecule has 0 spiro atoms. The average molecular weight is 357 g/mol. The molecule has 0 fully saturated rings. The molecule has 3 aromatic carbocycles. The average Bonchev–Trinajstić information content (AvgIpc) is 3.28. The minimum absolute atomic E-state index is 0.740. The fourth-order valence-electron chi connectivity index (χ4n) is 3.75. The van der Waals surface area contributed by atoms with Gasteiger partial charge in [-0.1, -0.05) is 54.1 Å². The molecule has 0 amide bonds. The van der Waals surface area contributed by atoms with E-state index in [9.17, 15) is 0 Å². The first kappa shape index (κ1) is 15.3. The first-order valence-corrected chi connectivity index (χ1v) is 9.04. The van der Waals surface area contributed by atoms with Gasteiger partial charge >= 0.3 is 0 Å². The van der Waals surface area contributed by atoms with Crippen LogP contribution in [-0.2, 0) is 0 Å². The number of fused-ring (bicyclic) bond motifs is 2. The molecular formula is C23H17ClN2. The molecule has 5 aromatic rings. The molecule has 0 aliphatic carbocycles. The molecule has 5 rings (SSSR count). The molecular weight excluding hydrogens is 340 g/mol. The van der Waals surface area contributed by atoms with Crippen molar-refractivity contribution in [3.63, 3.8) is 0 Å². The highest BCUT2D eigenvalue weighted by atomic mass is 35.5. The van der Waals surface area contributed by atoms with E-state index in [-0.39, 0.29) is 0 Å². The molecule has 0 bridgehead atoms. The molecule has 0 radical (unpaired) electrons. The van der Waals surface area contributed by atoms with Crippen LogP contribution in [0.2, 0.25) is 5.02 Å². The van der Waals surface area contributed by atoms with Gasteiger partial charge in [0, 0.05) is 12.4 Å². The lowest BCUT2D eigenvalue weighted by Crippen LogP contribution is -2.05. The van der Waals surface area contributed by atoms with Crippen LogP contribution in [0.3, 0.4) is 0 Å². The Morgan fingerprint density at radius 1 is 0.615 bits per heavy atom. The van der Waals surface area contributed by atoms with E-state index in [1.165, 1.54) is 21.9 Å². The van der Waals surface area contributed by atoms with E-state index in [2.05, 4.69) is 95.2 Å². The topological polar surface area (TPSA) is 9.86 Å². The Balaban J connectivity index is 1.89. The predicted molar refractivity (Wildman–Crippen MR) is 110 cm³/mol. The Morgan fingerprint density at radius 3 is 1.77 bits per heavy atom. The molecule has 126 valence electrons. The minimum atomic E-state index is 0.740. The molecule has 0 saturated carbocycles. The summed E-state index contributed by atoms with van der Waals surface area (Å²) in [4.78, 5) is 0. The van der Waals surface area contributed by atoms with E-state index < -0.39 is 0 Å². The van der Waals surface area contributed by atoms with Crippen LogP contribution in [0.1, 0.15) is 5.56 Å². The van der Waals surface area contributed by atoms with Crippen LogP contribution in [0.4, 0.5) is 0 Å². The third kappa shape index (κ3) is 2.19. The molecule has 3 heteroatoms. The van der Waals surface area contributed by atoms with Crippen LogP contribution in [-0.4, -0.2) is 9.13 Å². The maximum Gasteiger partial charge on any atom is 0.0888 e. The summed E-state index contributed by atoms with van der Waals surface area (Å²) in [5, 5.41) is 3.16. The van der Waals surface area contributed by atoms with Gasteiger partial charge in [-0.05, 0) is 53.6 Å². The third-order valence-electron chi connectivity index (χ3n) is 4.98. The number of hydrogen-bond acceptors (Lipinski definition) is 0. The van der Waals surface area contributed by atoms with Gasteiger partial charge in [0.1, 0.15) is 0 Å². The number of halogens is 1. The summed E-state index contributed by atoms with van der Waals surface area (Å²) in [5.74, 6) is 0. The second-order valence-electron chi connectivity index (χ2n) is 6.55. The number of aryl methyl sites for hydroxylation is 1. The Morgan fingerprint density at radius 2 is 1.15 bits per heavy atom. The van der Waals surface area contributed by atoms with Crippen molar-refractivity contribution in [2.45, 2.75) is 6.92 Å². The van der Waals surface area contributed by atoms with Crippen molar-refractivity contribution in [3.8, 4) is 11.4 Å². The minimum Gasteiger partial charge on any atom is -0.314 e. The Labute approximate surface area is 156 Å². The lowest BCUT2D eigenvalue weighted by molar-refractivity contribution is 1.03. The van der Waals surface area contributed by atoms with Crippen LogP contribution in [0.25, 0.3) is 33.2 Å². The molecule has 0 N–H and O–H groups in total. The van der Waals surface area contributed by atoms with E-state index in [0.29, 0.717) is 0 Å². The second-order valence-corrected chi connectivity index (χ2v) is 6.96. The van der Waals surface area contributed by atoms with Gasteiger partial charge in [0.15, 0.2) is 0 Å². The highest BCUT2D eigenvalue weighted by Crippen LogP contribution is 2.35. The maximum atomic E-state index is 6.73. The number of aromatic nitrogens is 2. The van der Waals surface area contributed by atoms with E-state index in [0.717, 1.165) is 21.9 Å². The Kier molecular flexibility index (Phi) is 3.41. The molecule has 0 unspecified atom stereocenters. The zero-order valence-electron chi connectivity index (χ0n) is 14.4. The monoisotopic (exact) mass is 356 g/mol. The fourth-order valence-corrected chi connectivity index (χ4v) is 3.99. The SMILES string of the molecule is Cc1ccc(Cl)c(-n2ccc3ccccc32)c1-n1ccc2ccccc21. The fraction of sp³-hybridized carbons (Fsp3) is 0.0435. The lowest BCUT2D eigenvalue weighted by atomic mass is 10.1. The molecule has 2 heterocycles. The summed E-state index contributed by atoms with van der Waals surface area (Å²) in [5.41, 5.74) is 5.63. The van der Waals surface area contributed by atoms with Gasteiger partial charge in [-0.3, -0.25) is 0 Å². The molecule has 2 nitrogen and oxygen atoms in total. The summed E-state index contributed by atoms with van der Waals surface area (Å²) in [6.07, 6.45) is 4.22. The van der Waals surface area contributed by atoms with Gasteiger partial charge in [-0.25, -0.2) is 0 Å². The summed E-state index contributed by atoms with van der Waals surface area (Å²) in [6, 6.07) is 25.1. The largest absolute Gasteiger partial charge is 0.314 e. The summed E-state index contributed by atoms with van der Waals surface area (Å²) < 4.78 is 4.43. The lowest BCUT2D eigenvalue weighted by Gasteiger charge is -2.18. The molecule has 0 saturated heterocycles. The predicted octanol–water partition coefficient (Wildman–Crippen LogP) is 6.54. The van der Waals surface area contributed by atoms with E-state index in [4.69, 9.17) is 11.6 Å². The standard InChI is InChI=1S/C23H17ClN2/c1-16-10-11-19(24)23(26-15-13-18-7-3-5-9-21(18)26)22(16)25-14-12-17-6-2-4-8-20(17)25/h2-15H,1H3. The van der Waals surface area contributed by atoms with Crippen LogP contribution in [0, 0.1) is 6.92 Å². The maximum absolute atomic E-state index is 6.73. The normalized spacial score (nSPS) is 11.5. The van der Waals surface area contributed by atoms with Crippen LogP contribution < -0.4 is 0 Å². The van der Waals surface area contributed by atoms with Crippen LogP contribution in [0.5, 0.6) is 0 Å². The first-order chi connectivity index (χ1) is 12.7. The number of benzene rings is 3. The van der Waals surface area contributed by atoms with Crippen molar-refractivity contribution in [2.75, 3.05) is 0 Å². The smallest absolute Gasteiger partial charge is 0.0888 e. The van der Waals surface area contributed by atoms with Crippen molar-refractivity contribution >= 4 is 33.4 Å². The first-order valence-electron chi connectivity index (χ1n) is 8.66. The third-order valence-corrected chi connectivity index (χ3v) is 5.29. The molecule has 2 aromatic heterocycles. The molecule has 0 aliphatic heterocycles. The number of hydrogen-bond donors (Lipinski definition) is 0. The van der Waals surface area contributed by atoms with Crippen molar-refractivity contribution in [1.29, 1.82) is 0 Å². The zero-order valence-corrected chi connectivity index (χ0v) is 15.1. The number of rotatable bonds is 2. The van der Waals surface area contributed by atoms with Crippen molar-refractivity contribution in [1.82, 2.24) is 9.13 Å². The van der Waals surface area contributed by atoms with Gasteiger partial charge in [-0.2, -0.15) is 0 Å². The van der Waals surface area contributed by atoms with Gasteiger partial charge in [0.2, 0.25) is 0 Å². The van der Waals surface area contributed by atoms with E-state index >= 15 is 0 Å². The molecule has 0 atom stereocenters. The molecule has 26 heavy (non-hydrogen) atoms. The highest BCUT2D eigenvalue weighted by molar-refractivity contribution is 6.33. The van der Waals surface area contributed by atoms with Gasteiger partial charge < -0.3 is 9.13 Å². The van der Waals surface area contributed by atoms with Crippen LogP contribution in [0.15, 0.2) is 85.2 Å². The van der Waals surface area contributed by atoms with Gasteiger partial charge in [0.25, 0.3) is 0 Å². The molecule has 0 aliphatic rings. The van der Waals surface area contributed by atoms with Gasteiger partial charge in [0.05, 0.1) is 27.4 Å². The second kappa shape index (κ2) is 5.79. The number of para-hydroxylation sites is 2. The number of nitrogens with zero attached hydrogens (tertiary/aromatic N) is 2. The van der Waals surface area contributed by atoms with Crippen molar-refractivity contribution in [3.05, 3.63) is 95.8 Å². The Bertz CT molecular complexity index is 1160. The van der Waals surface area contributed by atoms with Crippen LogP contribution >= 0.6 is 11.6 Å². The quantitative estimate of drug-likeness (QED) is 0.340. The van der Waals surface area contributed by atoms with Crippen molar-refractivity contribution in [2.24, 2.45) is 0 Å².